The number of para-hydroxylation sites is 2. The molecular weight excluding hydrogens is 354 g/mol. The second-order valence-corrected chi connectivity index (χ2v) is 5.88. The number of nitriles is 1. The fourth-order valence-electron chi connectivity index (χ4n) is 2.59. The number of benzene rings is 3. The third-order valence-electron chi connectivity index (χ3n) is 4.01. The Morgan fingerprint density at radius 2 is 1.50 bits per heavy atom. The van der Waals surface area contributed by atoms with Gasteiger partial charge in [0, 0.05) is 16.8 Å². The highest BCUT2D eigenvalue weighted by Gasteiger charge is 2.11. The van der Waals surface area contributed by atoms with E-state index in [9.17, 15) is 9.59 Å². The summed E-state index contributed by atoms with van der Waals surface area (Å²) in [7, 11) is 1.53. The highest BCUT2D eigenvalue weighted by molar-refractivity contribution is 6.07. The first kappa shape index (κ1) is 18.7. The Labute approximate surface area is 162 Å². The van der Waals surface area contributed by atoms with Gasteiger partial charge in [-0.15, -0.1) is 0 Å². The molecule has 138 valence electrons. The summed E-state index contributed by atoms with van der Waals surface area (Å²) in [6, 6.07) is 22.1. The van der Waals surface area contributed by atoms with Crippen LogP contribution in [0.2, 0.25) is 0 Å². The van der Waals surface area contributed by atoms with Crippen LogP contribution in [0.25, 0.3) is 0 Å². The Bertz CT molecular complexity index is 1050. The second-order valence-electron chi connectivity index (χ2n) is 5.88. The summed E-state index contributed by atoms with van der Waals surface area (Å²) < 4.78 is 5.22. The predicted molar refractivity (Wildman–Crippen MR) is 106 cm³/mol. The van der Waals surface area contributed by atoms with Gasteiger partial charge in [0.05, 0.1) is 24.4 Å². The van der Waals surface area contributed by atoms with E-state index in [1.54, 1.807) is 66.7 Å². The van der Waals surface area contributed by atoms with Crippen LogP contribution in [0.15, 0.2) is 72.8 Å². The van der Waals surface area contributed by atoms with Gasteiger partial charge in [0.2, 0.25) is 0 Å². The van der Waals surface area contributed by atoms with Crippen LogP contribution in [-0.2, 0) is 0 Å². The first-order valence-corrected chi connectivity index (χ1v) is 8.46. The maximum Gasteiger partial charge on any atom is 0.255 e. The van der Waals surface area contributed by atoms with E-state index < -0.39 is 0 Å². The standard InChI is InChI=1S/C22H17N3O3/c1-28-20-8-3-2-7-19(20)25-22(27)17-11-9-16(10-12-17)21(26)24-18-6-4-5-15(13-18)14-23/h2-13H,1H3,(H,24,26)(H,25,27). The molecule has 0 bridgehead atoms. The molecule has 3 aromatic rings. The van der Waals surface area contributed by atoms with Crippen molar-refractivity contribution >= 4 is 23.2 Å². The Morgan fingerprint density at radius 1 is 0.857 bits per heavy atom. The van der Waals surface area contributed by atoms with Gasteiger partial charge in [-0.25, -0.2) is 0 Å². The molecule has 28 heavy (non-hydrogen) atoms. The topological polar surface area (TPSA) is 91.2 Å². The molecule has 0 saturated heterocycles. The highest BCUT2D eigenvalue weighted by atomic mass is 16.5. The molecule has 0 aliphatic rings. The Kier molecular flexibility index (Phi) is 5.68. The van der Waals surface area contributed by atoms with Gasteiger partial charge < -0.3 is 15.4 Å². The molecule has 2 amide bonds. The van der Waals surface area contributed by atoms with Crippen molar-refractivity contribution in [2.45, 2.75) is 0 Å². The third-order valence-corrected chi connectivity index (χ3v) is 4.01. The fourth-order valence-corrected chi connectivity index (χ4v) is 2.59. The zero-order valence-corrected chi connectivity index (χ0v) is 15.1. The molecule has 0 atom stereocenters. The zero-order valence-electron chi connectivity index (χ0n) is 15.1. The molecule has 0 aromatic heterocycles. The van der Waals surface area contributed by atoms with Crippen LogP contribution in [0.4, 0.5) is 11.4 Å². The quantitative estimate of drug-likeness (QED) is 0.707. The van der Waals surface area contributed by atoms with Crippen LogP contribution in [0.3, 0.4) is 0 Å². The molecule has 0 spiro atoms. The number of methoxy groups -OCH3 is 1. The van der Waals surface area contributed by atoms with Crippen molar-refractivity contribution in [2.75, 3.05) is 17.7 Å². The smallest absolute Gasteiger partial charge is 0.255 e. The minimum atomic E-state index is -0.327. The number of nitrogens with one attached hydrogen (secondary N) is 2. The number of nitrogens with zero attached hydrogens (tertiary/aromatic N) is 1. The summed E-state index contributed by atoms with van der Waals surface area (Å²) in [5, 5.41) is 14.4. The van der Waals surface area contributed by atoms with E-state index in [1.165, 1.54) is 7.11 Å². The molecule has 0 aliphatic carbocycles. The summed E-state index contributed by atoms with van der Waals surface area (Å²) in [5.74, 6) is -0.0728. The number of hydrogen-bond acceptors (Lipinski definition) is 4. The van der Waals surface area contributed by atoms with Gasteiger partial charge in [0.25, 0.3) is 11.8 Å². The molecule has 6 nitrogen and oxygen atoms in total. The molecule has 0 aliphatic heterocycles. The number of rotatable bonds is 5. The van der Waals surface area contributed by atoms with Crippen molar-refractivity contribution in [1.82, 2.24) is 0 Å². The summed E-state index contributed by atoms with van der Waals surface area (Å²) in [6.07, 6.45) is 0. The lowest BCUT2D eigenvalue weighted by atomic mass is 10.1. The Balaban J connectivity index is 1.69. The van der Waals surface area contributed by atoms with E-state index in [-0.39, 0.29) is 11.8 Å². The molecule has 3 aromatic carbocycles. The van der Waals surface area contributed by atoms with E-state index in [0.29, 0.717) is 33.8 Å². The van der Waals surface area contributed by atoms with Crippen LogP contribution < -0.4 is 15.4 Å². The van der Waals surface area contributed by atoms with Crippen molar-refractivity contribution in [3.05, 3.63) is 89.5 Å². The van der Waals surface area contributed by atoms with E-state index in [4.69, 9.17) is 10.00 Å². The van der Waals surface area contributed by atoms with Crippen LogP contribution in [-0.4, -0.2) is 18.9 Å². The number of amides is 2. The summed E-state index contributed by atoms with van der Waals surface area (Å²) in [4.78, 5) is 24.8. The minimum Gasteiger partial charge on any atom is -0.495 e. The molecule has 0 saturated carbocycles. The number of carbonyl (C=O) groups is 2. The lowest BCUT2D eigenvalue weighted by Gasteiger charge is -2.10. The summed E-state index contributed by atoms with van der Waals surface area (Å²) >= 11 is 0. The van der Waals surface area contributed by atoms with Gasteiger partial charge in [-0.3, -0.25) is 9.59 Å². The maximum atomic E-state index is 12.4. The average Bonchev–Trinajstić information content (AvgIpc) is 2.74. The van der Waals surface area contributed by atoms with E-state index in [0.717, 1.165) is 0 Å². The van der Waals surface area contributed by atoms with Gasteiger partial charge in [-0.05, 0) is 54.6 Å². The van der Waals surface area contributed by atoms with Gasteiger partial charge in [-0.1, -0.05) is 18.2 Å². The number of carbonyl (C=O) groups excluding carboxylic acids is 2. The molecular formula is C22H17N3O3. The fraction of sp³-hybridized carbons (Fsp3) is 0.0455. The van der Waals surface area contributed by atoms with Crippen molar-refractivity contribution in [1.29, 1.82) is 5.26 Å². The SMILES string of the molecule is COc1ccccc1NC(=O)c1ccc(C(=O)Nc2cccc(C#N)c2)cc1. The van der Waals surface area contributed by atoms with Gasteiger partial charge >= 0.3 is 0 Å². The molecule has 6 heteroatoms. The predicted octanol–water partition coefficient (Wildman–Crippen LogP) is 4.07. The minimum absolute atomic E-state index is 0.307. The van der Waals surface area contributed by atoms with Crippen molar-refractivity contribution in [3.8, 4) is 11.8 Å². The normalized spacial score (nSPS) is 9.86. The largest absolute Gasteiger partial charge is 0.495 e. The van der Waals surface area contributed by atoms with Crippen LogP contribution in [0.5, 0.6) is 5.75 Å². The number of anilines is 2. The Hall–Kier alpha value is -4.11. The van der Waals surface area contributed by atoms with Gasteiger partial charge in [0.1, 0.15) is 5.75 Å². The van der Waals surface area contributed by atoms with E-state index >= 15 is 0 Å². The molecule has 2 N–H and O–H groups in total. The average molecular weight is 371 g/mol. The molecule has 0 fully saturated rings. The molecule has 0 unspecified atom stereocenters. The summed E-state index contributed by atoms with van der Waals surface area (Å²) in [6.45, 7) is 0. The summed E-state index contributed by atoms with van der Waals surface area (Å²) in [5.41, 5.74) is 2.36. The molecule has 3 rings (SSSR count). The monoisotopic (exact) mass is 371 g/mol. The van der Waals surface area contributed by atoms with Gasteiger partial charge in [-0.2, -0.15) is 5.26 Å². The first-order chi connectivity index (χ1) is 13.6. The second kappa shape index (κ2) is 8.52. The number of ether oxygens (including phenoxy) is 1. The van der Waals surface area contributed by atoms with E-state index in [2.05, 4.69) is 10.6 Å². The van der Waals surface area contributed by atoms with Crippen LogP contribution >= 0.6 is 0 Å². The molecule has 0 radical (unpaired) electrons. The lowest BCUT2D eigenvalue weighted by molar-refractivity contribution is 0.101. The van der Waals surface area contributed by atoms with Crippen LogP contribution in [0, 0.1) is 11.3 Å². The van der Waals surface area contributed by atoms with Crippen molar-refractivity contribution in [3.63, 3.8) is 0 Å². The van der Waals surface area contributed by atoms with Crippen molar-refractivity contribution < 1.29 is 14.3 Å². The van der Waals surface area contributed by atoms with Crippen molar-refractivity contribution in [2.24, 2.45) is 0 Å². The van der Waals surface area contributed by atoms with Gasteiger partial charge in [0.15, 0.2) is 0 Å². The van der Waals surface area contributed by atoms with E-state index in [1.807, 2.05) is 12.1 Å². The molecule has 0 heterocycles. The highest BCUT2D eigenvalue weighted by Crippen LogP contribution is 2.23. The first-order valence-electron chi connectivity index (χ1n) is 8.46. The Morgan fingerprint density at radius 3 is 2.14 bits per heavy atom. The third kappa shape index (κ3) is 4.34. The zero-order chi connectivity index (χ0) is 19.9. The number of hydrogen-bond donors (Lipinski definition) is 2. The maximum absolute atomic E-state index is 12.4. The van der Waals surface area contributed by atoms with Crippen LogP contribution in [0.1, 0.15) is 26.3 Å². The lowest BCUT2D eigenvalue weighted by Crippen LogP contribution is -2.14.